The van der Waals surface area contributed by atoms with E-state index in [9.17, 15) is 0 Å². The van der Waals surface area contributed by atoms with E-state index in [1.54, 1.807) is 0 Å². The number of fused-ring (bicyclic) bond motifs is 8. The molecule has 3 aromatic heterocycles. The molecule has 0 unspecified atom stereocenters. The summed E-state index contributed by atoms with van der Waals surface area (Å²) >= 11 is 0. The number of aromatic nitrogens is 2. The second kappa shape index (κ2) is 11.7. The van der Waals surface area contributed by atoms with Crippen LogP contribution in [0.5, 0.6) is 0 Å². The maximum atomic E-state index is 6.75. The molecule has 11 aromatic rings. The Morgan fingerprint density at radius 2 is 0.830 bits per heavy atom. The van der Waals surface area contributed by atoms with Gasteiger partial charge in [-0.1, -0.05) is 140 Å². The van der Waals surface area contributed by atoms with Gasteiger partial charge in [0.05, 0.1) is 27.6 Å². The molecule has 0 saturated heterocycles. The molecule has 0 amide bonds. The first kappa shape index (κ1) is 29.6. The van der Waals surface area contributed by atoms with Gasteiger partial charge in [-0.25, -0.2) is 0 Å². The summed E-state index contributed by atoms with van der Waals surface area (Å²) < 4.78 is 11.4. The molecule has 3 nitrogen and oxygen atoms in total. The average molecular weight is 677 g/mol. The molecule has 0 aliphatic carbocycles. The monoisotopic (exact) mass is 676 g/mol. The van der Waals surface area contributed by atoms with Gasteiger partial charge in [0.2, 0.25) is 5.71 Å². The van der Waals surface area contributed by atoms with Crippen molar-refractivity contribution in [3.63, 3.8) is 0 Å². The summed E-state index contributed by atoms with van der Waals surface area (Å²) in [5.74, 6) is 0. The molecule has 0 bridgehead atoms. The van der Waals surface area contributed by atoms with E-state index in [1.807, 2.05) is 6.07 Å². The number of rotatable bonds is 5. The molecule has 0 fully saturated rings. The van der Waals surface area contributed by atoms with Crippen LogP contribution in [-0.4, -0.2) is 9.13 Å². The lowest BCUT2D eigenvalue weighted by atomic mass is 9.98. The fraction of sp³-hybridized carbons (Fsp3) is 0. The van der Waals surface area contributed by atoms with Crippen LogP contribution in [0.15, 0.2) is 199 Å². The molecular weight excluding hydrogens is 645 g/mol. The summed E-state index contributed by atoms with van der Waals surface area (Å²) in [7, 11) is 0. The van der Waals surface area contributed by atoms with Crippen molar-refractivity contribution in [1.82, 2.24) is 9.13 Å². The van der Waals surface area contributed by atoms with Gasteiger partial charge in [-0.05, 0) is 88.0 Å². The van der Waals surface area contributed by atoms with E-state index in [-0.39, 0.29) is 0 Å². The van der Waals surface area contributed by atoms with Gasteiger partial charge in [0, 0.05) is 27.2 Å². The summed E-state index contributed by atoms with van der Waals surface area (Å²) in [5, 5.41) is 5.96. The highest BCUT2D eigenvalue weighted by molar-refractivity contribution is 6.20. The van der Waals surface area contributed by atoms with Crippen LogP contribution in [0.4, 0.5) is 0 Å². The van der Waals surface area contributed by atoms with Gasteiger partial charge in [-0.2, -0.15) is 0 Å². The van der Waals surface area contributed by atoms with Crippen LogP contribution >= 0.6 is 0 Å². The topological polar surface area (TPSA) is 23.0 Å². The lowest BCUT2D eigenvalue weighted by Crippen LogP contribution is -1.96. The number of benzene rings is 8. The van der Waals surface area contributed by atoms with Crippen molar-refractivity contribution in [3.05, 3.63) is 194 Å². The Kier molecular flexibility index (Phi) is 6.55. The van der Waals surface area contributed by atoms with E-state index in [4.69, 9.17) is 4.42 Å². The Morgan fingerprint density at radius 3 is 1.47 bits per heavy atom. The highest BCUT2D eigenvalue weighted by Gasteiger charge is 2.21. The molecule has 8 aromatic carbocycles. The highest BCUT2D eigenvalue weighted by Crippen LogP contribution is 2.42. The number of nitrogens with zero attached hydrogens (tertiary/aromatic N) is 2. The number of para-hydroxylation sites is 3. The molecule has 0 aliphatic rings. The van der Waals surface area contributed by atoms with Gasteiger partial charge in [0.25, 0.3) is 0 Å². The molecule has 248 valence electrons. The van der Waals surface area contributed by atoms with Crippen LogP contribution in [0.1, 0.15) is 0 Å². The Balaban J connectivity index is 1.12. The summed E-state index contributed by atoms with van der Waals surface area (Å²) in [4.78, 5) is 0. The Morgan fingerprint density at radius 1 is 0.302 bits per heavy atom. The molecule has 0 saturated carbocycles. The molecule has 3 heteroatoms. The average Bonchev–Trinajstić information content (AvgIpc) is 3.88. The van der Waals surface area contributed by atoms with Crippen molar-refractivity contribution in [2.24, 2.45) is 0 Å². The van der Waals surface area contributed by atoms with Crippen LogP contribution < -0.4 is 0 Å². The SMILES string of the molecule is c1ccc(-c2cc(-c3ccccc3)cc(-n3c4cc(-c5ccc(-n6c7ccccc7c7ccccc76)cc5)ccc4c4c5ccccc5oc43)c2)cc1. The first-order valence-electron chi connectivity index (χ1n) is 18.1. The molecule has 0 N–H and O–H groups in total. The van der Waals surface area contributed by atoms with E-state index in [2.05, 4.69) is 197 Å². The van der Waals surface area contributed by atoms with Crippen molar-refractivity contribution in [2.45, 2.75) is 0 Å². The van der Waals surface area contributed by atoms with Crippen LogP contribution in [-0.2, 0) is 0 Å². The van der Waals surface area contributed by atoms with Crippen molar-refractivity contribution < 1.29 is 4.42 Å². The van der Waals surface area contributed by atoms with Gasteiger partial charge >= 0.3 is 0 Å². The third-order valence-corrected chi connectivity index (χ3v) is 10.7. The zero-order valence-corrected chi connectivity index (χ0v) is 28.8. The van der Waals surface area contributed by atoms with E-state index in [0.717, 1.165) is 61.2 Å². The first-order valence-corrected chi connectivity index (χ1v) is 18.1. The lowest BCUT2D eigenvalue weighted by molar-refractivity contribution is 0.645. The third kappa shape index (κ3) is 4.68. The van der Waals surface area contributed by atoms with E-state index >= 15 is 0 Å². The van der Waals surface area contributed by atoms with Crippen molar-refractivity contribution in [1.29, 1.82) is 0 Å². The molecule has 0 atom stereocenters. The second-order valence-electron chi connectivity index (χ2n) is 13.8. The van der Waals surface area contributed by atoms with Gasteiger partial charge in [0.1, 0.15) is 5.58 Å². The molecule has 0 aliphatic heterocycles. The predicted molar refractivity (Wildman–Crippen MR) is 221 cm³/mol. The maximum Gasteiger partial charge on any atom is 0.213 e. The standard InChI is InChI=1S/C50H32N2O/c1-3-13-33(14-4-1)37-29-38(34-15-5-2-6-16-34)31-40(30-37)52-47-32-36(25-28-43(47)49-44-19-9-12-22-48(44)53-50(49)52)35-23-26-39(27-24-35)51-45-20-10-7-17-41(45)42-18-8-11-21-46(42)51/h1-32H. The molecule has 11 rings (SSSR count). The first-order chi connectivity index (χ1) is 26.3. The number of hydrogen-bond donors (Lipinski definition) is 0. The zero-order valence-electron chi connectivity index (χ0n) is 28.8. The Bertz CT molecular complexity index is 3030. The molecule has 3 heterocycles. The quantitative estimate of drug-likeness (QED) is 0.178. The molecular formula is C50H32N2O. The van der Waals surface area contributed by atoms with Gasteiger partial charge < -0.3 is 8.98 Å². The zero-order chi connectivity index (χ0) is 34.9. The lowest BCUT2D eigenvalue weighted by Gasteiger charge is -2.14. The summed E-state index contributed by atoms with van der Waals surface area (Å²) in [6, 6.07) is 69.7. The van der Waals surface area contributed by atoms with Crippen LogP contribution in [0.25, 0.3) is 99.5 Å². The van der Waals surface area contributed by atoms with Crippen LogP contribution in [0.3, 0.4) is 0 Å². The van der Waals surface area contributed by atoms with E-state index < -0.39 is 0 Å². The van der Waals surface area contributed by atoms with Crippen LogP contribution in [0, 0.1) is 0 Å². The maximum absolute atomic E-state index is 6.75. The number of hydrogen-bond acceptors (Lipinski definition) is 1. The minimum atomic E-state index is 0.851. The van der Waals surface area contributed by atoms with Gasteiger partial charge in [-0.15, -0.1) is 0 Å². The molecule has 0 spiro atoms. The van der Waals surface area contributed by atoms with E-state index in [1.165, 1.54) is 38.3 Å². The third-order valence-electron chi connectivity index (χ3n) is 10.7. The fourth-order valence-electron chi connectivity index (χ4n) is 8.26. The smallest absolute Gasteiger partial charge is 0.213 e. The van der Waals surface area contributed by atoms with Crippen molar-refractivity contribution in [3.8, 4) is 44.8 Å². The molecule has 0 radical (unpaired) electrons. The molecule has 53 heavy (non-hydrogen) atoms. The minimum Gasteiger partial charge on any atom is -0.439 e. The Labute approximate surface area is 306 Å². The second-order valence-corrected chi connectivity index (χ2v) is 13.8. The minimum absolute atomic E-state index is 0.851. The van der Waals surface area contributed by atoms with E-state index in [0.29, 0.717) is 0 Å². The van der Waals surface area contributed by atoms with Crippen molar-refractivity contribution in [2.75, 3.05) is 0 Å². The van der Waals surface area contributed by atoms with Gasteiger partial charge in [-0.3, -0.25) is 4.57 Å². The summed E-state index contributed by atoms with van der Waals surface area (Å²) in [6.45, 7) is 0. The summed E-state index contributed by atoms with van der Waals surface area (Å²) in [5.41, 5.74) is 14.5. The van der Waals surface area contributed by atoms with Gasteiger partial charge in [0.15, 0.2) is 0 Å². The van der Waals surface area contributed by atoms with Crippen LogP contribution in [0.2, 0.25) is 0 Å². The summed E-state index contributed by atoms with van der Waals surface area (Å²) in [6.07, 6.45) is 0. The Hall–Kier alpha value is -7.10. The number of furan rings is 1. The predicted octanol–water partition coefficient (Wildman–Crippen LogP) is 13.6. The fourth-order valence-corrected chi connectivity index (χ4v) is 8.26. The highest BCUT2D eigenvalue weighted by atomic mass is 16.3. The largest absolute Gasteiger partial charge is 0.439 e. The normalized spacial score (nSPS) is 11.8. The van der Waals surface area contributed by atoms with Crippen molar-refractivity contribution >= 4 is 54.8 Å².